The van der Waals surface area contributed by atoms with E-state index in [9.17, 15) is 9.59 Å². The van der Waals surface area contributed by atoms with Crippen molar-refractivity contribution in [1.29, 1.82) is 0 Å². The Kier molecular flexibility index (Phi) is 3.87. The molecule has 4 saturated carbocycles. The fourth-order valence-corrected chi connectivity index (χ4v) is 5.55. The van der Waals surface area contributed by atoms with Crippen LogP contribution in [0.2, 0.25) is 0 Å². The summed E-state index contributed by atoms with van der Waals surface area (Å²) in [5, 5.41) is 0. The zero-order valence-corrected chi connectivity index (χ0v) is 13.0. The summed E-state index contributed by atoms with van der Waals surface area (Å²) < 4.78 is 10.8. The molecule has 4 nitrogen and oxygen atoms in total. The second-order valence-electron chi connectivity index (χ2n) is 7.58. The van der Waals surface area contributed by atoms with E-state index in [1.54, 1.807) is 0 Å². The lowest BCUT2D eigenvalue weighted by molar-refractivity contribution is -0.174. The van der Waals surface area contributed by atoms with Crippen molar-refractivity contribution in [1.82, 2.24) is 0 Å². The van der Waals surface area contributed by atoms with Crippen molar-refractivity contribution in [3.63, 3.8) is 0 Å². The highest BCUT2D eigenvalue weighted by Gasteiger charge is 2.58. The molecule has 0 saturated heterocycles. The van der Waals surface area contributed by atoms with Gasteiger partial charge in [0.2, 0.25) is 0 Å². The Balaban J connectivity index is 1.71. The van der Waals surface area contributed by atoms with Crippen molar-refractivity contribution in [2.45, 2.75) is 38.5 Å². The first-order valence-electron chi connectivity index (χ1n) is 8.07. The molecule has 0 atom stereocenters. The van der Waals surface area contributed by atoms with Gasteiger partial charge in [-0.1, -0.05) is 13.2 Å². The summed E-state index contributed by atoms with van der Waals surface area (Å²) in [5.41, 5.74) is 0.146. The lowest BCUT2D eigenvalue weighted by Crippen LogP contribution is -2.55. The summed E-state index contributed by atoms with van der Waals surface area (Å²) in [6.45, 7) is 7.86. The van der Waals surface area contributed by atoms with Gasteiger partial charge in [-0.2, -0.15) is 0 Å². The quantitative estimate of drug-likeness (QED) is 0.559. The van der Waals surface area contributed by atoms with Crippen LogP contribution < -0.4 is 0 Å². The van der Waals surface area contributed by atoms with Crippen LogP contribution in [0.4, 0.5) is 0 Å². The molecule has 0 radical (unpaired) electrons. The van der Waals surface area contributed by atoms with E-state index in [2.05, 4.69) is 13.2 Å². The van der Waals surface area contributed by atoms with Gasteiger partial charge in [0.05, 0.1) is 13.2 Å². The summed E-state index contributed by atoms with van der Waals surface area (Å²) >= 11 is 0. The summed E-state index contributed by atoms with van der Waals surface area (Å²) in [6, 6.07) is 0. The second kappa shape index (κ2) is 5.56. The Labute approximate surface area is 131 Å². The van der Waals surface area contributed by atoms with Crippen molar-refractivity contribution < 1.29 is 19.1 Å². The van der Waals surface area contributed by atoms with Gasteiger partial charge in [0, 0.05) is 23.0 Å². The molecule has 4 fully saturated rings. The molecule has 0 amide bonds. The standard InChI is InChI=1S/C18H24O4/c1-3-15(19)21-11-17-6-13-5-14(7-17)9-18(8-13,10-17)12-22-16(20)4-2/h3-4,13-14H,1-2,5-12H2. The first-order chi connectivity index (χ1) is 10.5. The van der Waals surface area contributed by atoms with E-state index >= 15 is 0 Å². The van der Waals surface area contributed by atoms with Gasteiger partial charge in [0.25, 0.3) is 0 Å². The van der Waals surface area contributed by atoms with Crippen LogP contribution in [0, 0.1) is 22.7 Å². The summed E-state index contributed by atoms with van der Waals surface area (Å²) in [5.74, 6) is 0.656. The van der Waals surface area contributed by atoms with E-state index in [-0.39, 0.29) is 22.8 Å². The van der Waals surface area contributed by atoms with Gasteiger partial charge in [0.15, 0.2) is 0 Å². The van der Waals surface area contributed by atoms with Gasteiger partial charge < -0.3 is 9.47 Å². The molecular weight excluding hydrogens is 280 g/mol. The molecule has 4 aliphatic carbocycles. The molecule has 4 heteroatoms. The largest absolute Gasteiger partial charge is 0.462 e. The summed E-state index contributed by atoms with van der Waals surface area (Å²) in [6.07, 6.45) is 9.23. The van der Waals surface area contributed by atoms with Gasteiger partial charge in [-0.05, 0) is 50.4 Å². The van der Waals surface area contributed by atoms with Crippen LogP contribution in [0.5, 0.6) is 0 Å². The monoisotopic (exact) mass is 304 g/mol. The van der Waals surface area contributed by atoms with E-state index in [0.29, 0.717) is 25.0 Å². The molecule has 0 aromatic carbocycles. The van der Waals surface area contributed by atoms with Crippen LogP contribution in [-0.2, 0) is 19.1 Å². The molecule has 22 heavy (non-hydrogen) atoms. The van der Waals surface area contributed by atoms with Crippen molar-refractivity contribution in [3.8, 4) is 0 Å². The predicted octanol–water partition coefficient (Wildman–Crippen LogP) is 3.03. The molecule has 4 rings (SSSR count). The van der Waals surface area contributed by atoms with Crippen molar-refractivity contribution in [2.75, 3.05) is 13.2 Å². The SMILES string of the molecule is C=CC(=O)OCC12CC3CC(C1)CC(COC(=O)C=C)(C3)C2. The third-order valence-corrected chi connectivity index (χ3v) is 5.68. The van der Waals surface area contributed by atoms with Crippen molar-refractivity contribution in [2.24, 2.45) is 22.7 Å². The van der Waals surface area contributed by atoms with E-state index in [1.807, 2.05) is 0 Å². The molecule has 0 N–H and O–H groups in total. The third-order valence-electron chi connectivity index (χ3n) is 5.68. The molecule has 0 heterocycles. The Hall–Kier alpha value is -1.58. The van der Waals surface area contributed by atoms with E-state index < -0.39 is 0 Å². The minimum Gasteiger partial charge on any atom is -0.462 e. The van der Waals surface area contributed by atoms with Crippen LogP contribution in [-0.4, -0.2) is 25.2 Å². The second-order valence-corrected chi connectivity index (χ2v) is 7.58. The highest BCUT2D eigenvalue weighted by Crippen LogP contribution is 2.65. The van der Waals surface area contributed by atoms with Crippen LogP contribution in [0.25, 0.3) is 0 Å². The first kappa shape index (κ1) is 15.3. The van der Waals surface area contributed by atoms with Gasteiger partial charge in [-0.15, -0.1) is 0 Å². The molecule has 0 unspecified atom stereocenters. The Bertz CT molecular complexity index is 451. The number of carbonyl (C=O) groups excluding carboxylic acids is 2. The Morgan fingerprint density at radius 3 is 1.68 bits per heavy atom. The first-order valence-corrected chi connectivity index (χ1v) is 8.07. The number of rotatable bonds is 6. The number of hydrogen-bond donors (Lipinski definition) is 0. The number of ether oxygens (including phenoxy) is 2. The molecule has 0 aromatic rings. The smallest absolute Gasteiger partial charge is 0.330 e. The van der Waals surface area contributed by atoms with E-state index in [1.165, 1.54) is 18.6 Å². The van der Waals surface area contributed by atoms with Crippen LogP contribution >= 0.6 is 0 Å². The fraction of sp³-hybridized carbons (Fsp3) is 0.667. The average Bonchev–Trinajstić information content (AvgIpc) is 2.49. The molecule has 0 aliphatic heterocycles. The predicted molar refractivity (Wildman–Crippen MR) is 81.9 cm³/mol. The van der Waals surface area contributed by atoms with E-state index in [0.717, 1.165) is 32.1 Å². The Morgan fingerprint density at radius 1 is 0.909 bits per heavy atom. The Morgan fingerprint density at radius 2 is 1.32 bits per heavy atom. The normalized spacial score (nSPS) is 38.4. The number of carbonyl (C=O) groups is 2. The minimum absolute atomic E-state index is 0.0728. The zero-order chi connectivity index (χ0) is 15.8. The fourth-order valence-electron chi connectivity index (χ4n) is 5.55. The number of hydrogen-bond acceptors (Lipinski definition) is 4. The van der Waals surface area contributed by atoms with Crippen LogP contribution in [0.3, 0.4) is 0 Å². The van der Waals surface area contributed by atoms with E-state index in [4.69, 9.17) is 9.47 Å². The number of esters is 2. The van der Waals surface area contributed by atoms with Crippen molar-refractivity contribution >= 4 is 11.9 Å². The minimum atomic E-state index is -0.345. The van der Waals surface area contributed by atoms with Crippen molar-refractivity contribution in [3.05, 3.63) is 25.3 Å². The maximum atomic E-state index is 11.4. The van der Waals surface area contributed by atoms with Gasteiger partial charge in [-0.25, -0.2) is 9.59 Å². The van der Waals surface area contributed by atoms with Crippen LogP contribution in [0.15, 0.2) is 25.3 Å². The lowest BCUT2D eigenvalue weighted by Gasteiger charge is -2.61. The maximum Gasteiger partial charge on any atom is 0.330 e. The lowest BCUT2D eigenvalue weighted by atomic mass is 9.44. The topological polar surface area (TPSA) is 52.6 Å². The molecular formula is C18H24O4. The highest BCUT2D eigenvalue weighted by atomic mass is 16.5. The molecule has 0 spiro atoms. The summed E-state index contributed by atoms with van der Waals surface area (Å²) in [4.78, 5) is 22.8. The highest BCUT2D eigenvalue weighted by molar-refractivity contribution is 5.81. The summed E-state index contributed by atoms with van der Waals surface area (Å²) in [7, 11) is 0. The van der Waals surface area contributed by atoms with Gasteiger partial charge >= 0.3 is 11.9 Å². The molecule has 4 bridgehead atoms. The molecule has 0 aromatic heterocycles. The molecule has 4 aliphatic rings. The zero-order valence-electron chi connectivity index (χ0n) is 13.0. The van der Waals surface area contributed by atoms with Crippen LogP contribution in [0.1, 0.15) is 38.5 Å². The third kappa shape index (κ3) is 2.83. The van der Waals surface area contributed by atoms with Gasteiger partial charge in [-0.3, -0.25) is 0 Å². The molecule has 120 valence electrons. The average molecular weight is 304 g/mol. The van der Waals surface area contributed by atoms with Gasteiger partial charge in [0.1, 0.15) is 0 Å². The maximum absolute atomic E-state index is 11.4.